The second kappa shape index (κ2) is 7.41. The van der Waals surface area contributed by atoms with E-state index in [1.807, 2.05) is 54.8 Å². The third-order valence-electron chi connectivity index (χ3n) is 2.75. The van der Waals surface area contributed by atoms with Gasteiger partial charge in [0.1, 0.15) is 0 Å². The molecule has 20 heavy (non-hydrogen) atoms. The van der Waals surface area contributed by atoms with Gasteiger partial charge in [0.2, 0.25) is 0 Å². The minimum atomic E-state index is -0.0165. The second-order valence-electron chi connectivity index (χ2n) is 4.34. The van der Waals surface area contributed by atoms with Crippen LogP contribution in [0.4, 0.5) is 0 Å². The van der Waals surface area contributed by atoms with E-state index in [0.29, 0.717) is 6.54 Å². The molecule has 0 aliphatic heterocycles. The fourth-order valence-electron chi connectivity index (χ4n) is 1.74. The Kier molecular flexibility index (Phi) is 5.56. The Morgan fingerprint density at radius 1 is 1.30 bits per heavy atom. The van der Waals surface area contributed by atoms with Crippen LogP contribution in [0, 0.1) is 0 Å². The van der Waals surface area contributed by atoms with Crippen molar-refractivity contribution in [3.63, 3.8) is 0 Å². The summed E-state index contributed by atoms with van der Waals surface area (Å²) in [5.74, 6) is -0.0165. The van der Waals surface area contributed by atoms with Gasteiger partial charge in [0.15, 0.2) is 0 Å². The molecule has 0 spiro atoms. The topological polar surface area (TPSA) is 29.1 Å². The van der Waals surface area contributed by atoms with Gasteiger partial charge in [0.25, 0.3) is 5.91 Å². The van der Waals surface area contributed by atoms with Crippen LogP contribution < -0.4 is 5.32 Å². The molecule has 2 rings (SSSR count). The van der Waals surface area contributed by atoms with Gasteiger partial charge in [-0.1, -0.05) is 41.1 Å². The number of thiophene rings is 1. The van der Waals surface area contributed by atoms with Crippen molar-refractivity contribution in [3.8, 4) is 0 Å². The summed E-state index contributed by atoms with van der Waals surface area (Å²) in [7, 11) is 0. The van der Waals surface area contributed by atoms with E-state index >= 15 is 0 Å². The zero-order valence-electron chi connectivity index (χ0n) is 11.2. The number of hydrogen-bond acceptors (Lipinski definition) is 2. The predicted octanol–water partition coefficient (Wildman–Crippen LogP) is 4.58. The minimum Gasteiger partial charge on any atom is -0.352 e. The van der Waals surface area contributed by atoms with Gasteiger partial charge in [0, 0.05) is 15.9 Å². The molecular weight excluding hydrogens is 334 g/mol. The average molecular weight is 350 g/mol. The van der Waals surface area contributed by atoms with Crippen molar-refractivity contribution in [2.24, 2.45) is 0 Å². The zero-order valence-corrected chi connectivity index (χ0v) is 13.6. The van der Waals surface area contributed by atoms with E-state index in [9.17, 15) is 4.79 Å². The standard InChI is InChI=1S/C16H16BrNOS/c1-2-9-18-16(19)14(15-4-3-10-20-15)11-12-5-7-13(17)8-6-12/h3-8,10-11H,2,9H2,1H3,(H,18,19)/b14-11-. The largest absolute Gasteiger partial charge is 0.352 e. The SMILES string of the molecule is CCCNC(=O)/C(=C\c1ccc(Br)cc1)c1cccs1. The maximum Gasteiger partial charge on any atom is 0.252 e. The summed E-state index contributed by atoms with van der Waals surface area (Å²) in [6.07, 6.45) is 2.87. The van der Waals surface area contributed by atoms with Crippen molar-refractivity contribution < 1.29 is 4.79 Å². The van der Waals surface area contributed by atoms with Gasteiger partial charge in [-0.15, -0.1) is 11.3 Å². The van der Waals surface area contributed by atoms with E-state index in [1.165, 1.54) is 0 Å². The van der Waals surface area contributed by atoms with Crippen LogP contribution in [-0.2, 0) is 4.79 Å². The number of rotatable bonds is 5. The van der Waals surface area contributed by atoms with Crippen LogP contribution in [0.5, 0.6) is 0 Å². The Labute approximate surface area is 131 Å². The normalized spacial score (nSPS) is 11.4. The first-order valence-electron chi connectivity index (χ1n) is 6.50. The van der Waals surface area contributed by atoms with Crippen LogP contribution in [0.2, 0.25) is 0 Å². The second-order valence-corrected chi connectivity index (χ2v) is 6.21. The molecule has 0 fully saturated rings. The molecule has 0 bridgehead atoms. The van der Waals surface area contributed by atoms with Crippen molar-refractivity contribution >= 4 is 44.8 Å². The molecule has 0 saturated heterocycles. The van der Waals surface area contributed by atoms with Gasteiger partial charge in [-0.05, 0) is 41.6 Å². The number of carbonyl (C=O) groups excluding carboxylic acids is 1. The van der Waals surface area contributed by atoms with E-state index < -0.39 is 0 Å². The molecule has 0 radical (unpaired) electrons. The van der Waals surface area contributed by atoms with Crippen molar-refractivity contribution in [1.29, 1.82) is 0 Å². The molecule has 1 heterocycles. The number of amides is 1. The molecule has 1 aromatic heterocycles. The molecule has 0 aliphatic rings. The van der Waals surface area contributed by atoms with Crippen molar-refractivity contribution in [1.82, 2.24) is 5.32 Å². The lowest BCUT2D eigenvalue weighted by Crippen LogP contribution is -2.24. The van der Waals surface area contributed by atoms with Crippen molar-refractivity contribution in [2.45, 2.75) is 13.3 Å². The molecule has 2 aromatic rings. The van der Waals surface area contributed by atoms with E-state index in [1.54, 1.807) is 11.3 Å². The van der Waals surface area contributed by atoms with E-state index in [-0.39, 0.29) is 5.91 Å². The molecule has 4 heteroatoms. The molecular formula is C16H16BrNOS. The number of hydrogen-bond donors (Lipinski definition) is 1. The van der Waals surface area contributed by atoms with Gasteiger partial charge in [-0.3, -0.25) is 4.79 Å². The fourth-order valence-corrected chi connectivity index (χ4v) is 2.74. The van der Waals surface area contributed by atoms with E-state index in [2.05, 4.69) is 21.2 Å². The smallest absolute Gasteiger partial charge is 0.252 e. The predicted molar refractivity (Wildman–Crippen MR) is 89.6 cm³/mol. The quantitative estimate of drug-likeness (QED) is 0.786. The average Bonchev–Trinajstić information content (AvgIpc) is 2.98. The van der Waals surface area contributed by atoms with Crippen LogP contribution in [0.15, 0.2) is 46.3 Å². The molecule has 104 valence electrons. The van der Waals surface area contributed by atoms with E-state index in [0.717, 1.165) is 26.9 Å². The molecule has 2 nitrogen and oxygen atoms in total. The van der Waals surface area contributed by atoms with Crippen LogP contribution in [-0.4, -0.2) is 12.5 Å². The number of nitrogens with one attached hydrogen (secondary N) is 1. The Morgan fingerprint density at radius 2 is 2.05 bits per heavy atom. The summed E-state index contributed by atoms with van der Waals surface area (Å²) in [4.78, 5) is 13.3. The molecule has 1 amide bonds. The van der Waals surface area contributed by atoms with Gasteiger partial charge in [-0.2, -0.15) is 0 Å². The highest BCUT2D eigenvalue weighted by Gasteiger charge is 2.12. The molecule has 1 N–H and O–H groups in total. The van der Waals surface area contributed by atoms with Gasteiger partial charge in [-0.25, -0.2) is 0 Å². The van der Waals surface area contributed by atoms with Crippen LogP contribution in [0.1, 0.15) is 23.8 Å². The van der Waals surface area contributed by atoms with E-state index in [4.69, 9.17) is 0 Å². The maximum atomic E-state index is 12.3. The van der Waals surface area contributed by atoms with Gasteiger partial charge in [0.05, 0.1) is 5.57 Å². The lowest BCUT2D eigenvalue weighted by Gasteiger charge is -2.07. The highest BCUT2D eigenvalue weighted by molar-refractivity contribution is 9.10. The third kappa shape index (κ3) is 4.05. The monoisotopic (exact) mass is 349 g/mol. The molecule has 0 unspecified atom stereocenters. The lowest BCUT2D eigenvalue weighted by atomic mass is 10.1. The number of carbonyl (C=O) groups is 1. The van der Waals surface area contributed by atoms with Crippen LogP contribution in [0.25, 0.3) is 11.6 Å². The zero-order chi connectivity index (χ0) is 14.4. The summed E-state index contributed by atoms with van der Waals surface area (Å²) in [6, 6.07) is 11.9. The highest BCUT2D eigenvalue weighted by atomic mass is 79.9. The van der Waals surface area contributed by atoms with Crippen molar-refractivity contribution in [3.05, 3.63) is 56.7 Å². The minimum absolute atomic E-state index is 0.0165. The summed E-state index contributed by atoms with van der Waals surface area (Å²) in [5, 5.41) is 4.93. The van der Waals surface area contributed by atoms with Gasteiger partial charge >= 0.3 is 0 Å². The highest BCUT2D eigenvalue weighted by Crippen LogP contribution is 2.23. The fraction of sp³-hybridized carbons (Fsp3) is 0.188. The Hall–Kier alpha value is -1.39. The van der Waals surface area contributed by atoms with Crippen LogP contribution >= 0.6 is 27.3 Å². The van der Waals surface area contributed by atoms with Crippen LogP contribution in [0.3, 0.4) is 0 Å². The van der Waals surface area contributed by atoms with Crippen molar-refractivity contribution in [2.75, 3.05) is 6.54 Å². The maximum absolute atomic E-state index is 12.3. The van der Waals surface area contributed by atoms with Gasteiger partial charge < -0.3 is 5.32 Å². The number of benzene rings is 1. The molecule has 0 saturated carbocycles. The Morgan fingerprint density at radius 3 is 2.65 bits per heavy atom. The summed E-state index contributed by atoms with van der Waals surface area (Å²) >= 11 is 4.99. The Balaban J connectivity index is 2.31. The summed E-state index contributed by atoms with van der Waals surface area (Å²) in [6.45, 7) is 2.74. The molecule has 1 aromatic carbocycles. The summed E-state index contributed by atoms with van der Waals surface area (Å²) < 4.78 is 1.03. The first-order valence-corrected chi connectivity index (χ1v) is 8.17. The first-order chi connectivity index (χ1) is 9.70. The third-order valence-corrected chi connectivity index (χ3v) is 4.18. The Bertz CT molecular complexity index is 587. The number of halogens is 1. The summed E-state index contributed by atoms with van der Waals surface area (Å²) in [5.41, 5.74) is 1.74. The molecule has 0 atom stereocenters. The lowest BCUT2D eigenvalue weighted by molar-refractivity contribution is -0.115. The molecule has 0 aliphatic carbocycles. The first kappa shape index (κ1) is 15.0.